The fourth-order valence-electron chi connectivity index (χ4n) is 2.57. The normalized spacial score (nSPS) is 11.6. The van der Waals surface area contributed by atoms with Gasteiger partial charge in [0.1, 0.15) is 17.3 Å². The third-order valence-corrected chi connectivity index (χ3v) is 4.61. The second kappa shape index (κ2) is 7.95. The van der Waals surface area contributed by atoms with Crippen molar-refractivity contribution in [3.05, 3.63) is 42.2 Å². The van der Waals surface area contributed by atoms with Gasteiger partial charge in [-0.3, -0.25) is 4.68 Å². The van der Waals surface area contributed by atoms with Crippen LogP contribution in [0, 0.1) is 0 Å². The molecule has 0 radical (unpaired) electrons. The van der Waals surface area contributed by atoms with E-state index in [2.05, 4.69) is 20.1 Å². The minimum absolute atomic E-state index is 0.191. The molecule has 10 heteroatoms. The fourth-order valence-corrected chi connectivity index (χ4v) is 3.22. The van der Waals surface area contributed by atoms with Gasteiger partial charge in [0.25, 0.3) is 0 Å². The van der Waals surface area contributed by atoms with E-state index in [1.165, 1.54) is 11.9 Å². The lowest BCUT2D eigenvalue weighted by Crippen LogP contribution is -2.10. The number of rotatable bonds is 7. The SMILES string of the molecule is COc1ccc2cnn(C)c2c1NSCCNc1cc(C(F)(F)F)ccn1. The molecule has 0 unspecified atom stereocenters. The Morgan fingerprint density at radius 3 is 2.81 bits per heavy atom. The van der Waals surface area contributed by atoms with Crippen molar-refractivity contribution in [2.45, 2.75) is 6.18 Å². The summed E-state index contributed by atoms with van der Waals surface area (Å²) >= 11 is 1.41. The molecule has 2 heterocycles. The Kier molecular flexibility index (Phi) is 5.64. The Morgan fingerprint density at radius 1 is 1.26 bits per heavy atom. The highest BCUT2D eigenvalue weighted by Crippen LogP contribution is 2.34. The van der Waals surface area contributed by atoms with E-state index in [0.717, 1.165) is 34.9 Å². The molecule has 0 aliphatic rings. The van der Waals surface area contributed by atoms with Crippen LogP contribution in [-0.2, 0) is 13.2 Å². The molecule has 0 saturated heterocycles. The van der Waals surface area contributed by atoms with Crippen LogP contribution in [0.4, 0.5) is 24.7 Å². The summed E-state index contributed by atoms with van der Waals surface area (Å²) in [5.41, 5.74) is 0.991. The maximum absolute atomic E-state index is 12.7. The van der Waals surface area contributed by atoms with Crippen LogP contribution >= 0.6 is 11.9 Å². The summed E-state index contributed by atoms with van der Waals surface area (Å²) < 4.78 is 48.5. The van der Waals surface area contributed by atoms with E-state index in [-0.39, 0.29) is 5.82 Å². The number of nitrogens with zero attached hydrogens (tertiary/aromatic N) is 3. The summed E-state index contributed by atoms with van der Waals surface area (Å²) in [7, 11) is 3.44. The van der Waals surface area contributed by atoms with Gasteiger partial charge in [-0.15, -0.1) is 0 Å². The van der Waals surface area contributed by atoms with Gasteiger partial charge in [0.05, 0.1) is 24.4 Å². The number of aromatic nitrogens is 3. The van der Waals surface area contributed by atoms with Crippen molar-refractivity contribution in [2.24, 2.45) is 7.05 Å². The molecule has 0 aliphatic carbocycles. The number of ether oxygens (including phenoxy) is 1. The fraction of sp³-hybridized carbons (Fsp3) is 0.294. The monoisotopic (exact) mass is 397 g/mol. The minimum atomic E-state index is -4.38. The first-order valence-corrected chi connectivity index (χ1v) is 9.02. The maximum atomic E-state index is 12.7. The van der Waals surface area contributed by atoms with Crippen molar-refractivity contribution in [2.75, 3.05) is 29.4 Å². The lowest BCUT2D eigenvalue weighted by molar-refractivity contribution is -0.137. The number of anilines is 2. The van der Waals surface area contributed by atoms with Gasteiger partial charge in [-0.1, -0.05) is 11.9 Å². The van der Waals surface area contributed by atoms with Gasteiger partial charge in [0, 0.05) is 30.9 Å². The third-order valence-electron chi connectivity index (χ3n) is 3.86. The first-order valence-electron chi connectivity index (χ1n) is 8.04. The number of halogens is 3. The summed E-state index contributed by atoms with van der Waals surface area (Å²) in [5, 5.41) is 8.12. The quantitative estimate of drug-likeness (QED) is 0.461. The number of hydrogen-bond acceptors (Lipinski definition) is 6. The van der Waals surface area contributed by atoms with E-state index >= 15 is 0 Å². The van der Waals surface area contributed by atoms with Crippen LogP contribution in [0.25, 0.3) is 10.9 Å². The molecule has 0 aliphatic heterocycles. The summed E-state index contributed by atoms with van der Waals surface area (Å²) in [6.45, 7) is 0.440. The van der Waals surface area contributed by atoms with Gasteiger partial charge in [-0.2, -0.15) is 18.3 Å². The molecule has 6 nitrogen and oxygen atoms in total. The van der Waals surface area contributed by atoms with Crippen molar-refractivity contribution in [1.29, 1.82) is 0 Å². The second-order valence-electron chi connectivity index (χ2n) is 5.65. The van der Waals surface area contributed by atoms with Crippen LogP contribution in [-0.4, -0.2) is 34.2 Å². The highest BCUT2D eigenvalue weighted by Gasteiger charge is 2.30. The van der Waals surface area contributed by atoms with Crippen molar-refractivity contribution >= 4 is 34.4 Å². The molecule has 0 saturated carbocycles. The zero-order valence-electron chi connectivity index (χ0n) is 14.7. The second-order valence-corrected chi connectivity index (χ2v) is 6.55. The molecule has 0 fully saturated rings. The number of pyridine rings is 1. The van der Waals surface area contributed by atoms with E-state index in [1.807, 2.05) is 19.2 Å². The average Bonchev–Trinajstić information content (AvgIpc) is 3.02. The average molecular weight is 397 g/mol. The zero-order chi connectivity index (χ0) is 19.4. The Balaban J connectivity index is 1.58. The Morgan fingerprint density at radius 2 is 2.07 bits per heavy atom. The molecular formula is C17H18F3N5OS. The Labute approximate surface area is 158 Å². The van der Waals surface area contributed by atoms with Gasteiger partial charge in [0.2, 0.25) is 0 Å². The number of alkyl halides is 3. The summed E-state index contributed by atoms with van der Waals surface area (Å²) in [5.74, 6) is 1.47. The largest absolute Gasteiger partial charge is 0.494 e. The number of aryl methyl sites for hydroxylation is 1. The predicted molar refractivity (Wildman–Crippen MR) is 101 cm³/mol. The van der Waals surface area contributed by atoms with E-state index in [1.54, 1.807) is 18.0 Å². The first kappa shape index (κ1) is 19.2. The van der Waals surface area contributed by atoms with Crippen LogP contribution in [0.1, 0.15) is 5.56 Å². The summed E-state index contributed by atoms with van der Waals surface area (Å²) in [4.78, 5) is 3.91. The topological polar surface area (TPSA) is 64.0 Å². The molecule has 0 atom stereocenters. The molecule has 3 aromatic rings. The van der Waals surface area contributed by atoms with Crippen molar-refractivity contribution in [3.63, 3.8) is 0 Å². The molecule has 1 aromatic carbocycles. The molecule has 144 valence electrons. The molecule has 27 heavy (non-hydrogen) atoms. The van der Waals surface area contributed by atoms with Crippen LogP contribution in [0.5, 0.6) is 5.75 Å². The zero-order valence-corrected chi connectivity index (χ0v) is 15.5. The van der Waals surface area contributed by atoms with Crippen LogP contribution in [0.2, 0.25) is 0 Å². The first-order chi connectivity index (χ1) is 12.9. The molecule has 2 N–H and O–H groups in total. The summed E-state index contributed by atoms with van der Waals surface area (Å²) in [6.07, 6.45) is -1.47. The third kappa shape index (κ3) is 4.38. The standard InChI is InChI=1S/C17H18F3N5OS/c1-25-16-11(10-23-25)3-4-13(26-2)15(16)24-27-8-7-22-14-9-12(5-6-21-14)17(18,19)20/h3-6,9-10,24H,7-8H2,1-2H3,(H,21,22). The lowest BCUT2D eigenvalue weighted by Gasteiger charge is -2.13. The molecule has 2 aromatic heterocycles. The van der Waals surface area contributed by atoms with Crippen molar-refractivity contribution in [3.8, 4) is 5.75 Å². The van der Waals surface area contributed by atoms with Crippen LogP contribution < -0.4 is 14.8 Å². The van der Waals surface area contributed by atoms with Gasteiger partial charge in [0.15, 0.2) is 0 Å². The Hall–Kier alpha value is -2.62. The predicted octanol–water partition coefficient (Wildman–Crippen LogP) is 4.17. The molecule has 3 rings (SSSR count). The van der Waals surface area contributed by atoms with Gasteiger partial charge in [-0.05, 0) is 24.3 Å². The minimum Gasteiger partial charge on any atom is -0.494 e. The van der Waals surface area contributed by atoms with Gasteiger partial charge >= 0.3 is 6.18 Å². The number of hydrogen-bond donors (Lipinski definition) is 2. The van der Waals surface area contributed by atoms with E-state index in [0.29, 0.717) is 18.0 Å². The van der Waals surface area contributed by atoms with E-state index < -0.39 is 11.7 Å². The van der Waals surface area contributed by atoms with E-state index in [4.69, 9.17) is 4.74 Å². The van der Waals surface area contributed by atoms with Gasteiger partial charge in [-0.25, -0.2) is 4.98 Å². The highest BCUT2D eigenvalue weighted by molar-refractivity contribution is 8.00. The van der Waals surface area contributed by atoms with Crippen LogP contribution in [0.3, 0.4) is 0 Å². The van der Waals surface area contributed by atoms with Crippen LogP contribution in [0.15, 0.2) is 36.7 Å². The van der Waals surface area contributed by atoms with Gasteiger partial charge < -0.3 is 14.8 Å². The highest BCUT2D eigenvalue weighted by atomic mass is 32.2. The Bertz CT molecular complexity index is 929. The summed E-state index contributed by atoms with van der Waals surface area (Å²) in [6, 6.07) is 5.73. The van der Waals surface area contributed by atoms with Crippen molar-refractivity contribution < 1.29 is 17.9 Å². The van der Waals surface area contributed by atoms with E-state index in [9.17, 15) is 13.2 Å². The molecular weight excluding hydrogens is 379 g/mol. The molecule has 0 spiro atoms. The molecule has 0 amide bonds. The maximum Gasteiger partial charge on any atom is 0.416 e. The number of nitrogens with one attached hydrogen (secondary N) is 2. The number of benzene rings is 1. The molecule has 0 bridgehead atoms. The van der Waals surface area contributed by atoms with Crippen molar-refractivity contribution in [1.82, 2.24) is 14.8 Å². The smallest absolute Gasteiger partial charge is 0.416 e. The lowest BCUT2D eigenvalue weighted by atomic mass is 10.2. The number of methoxy groups -OCH3 is 1. The number of fused-ring (bicyclic) bond motifs is 1.